The monoisotopic (exact) mass is 361 g/mol. The number of ether oxygens (including phenoxy) is 1. The number of hydrogen-bond acceptors (Lipinski definition) is 5. The van der Waals surface area contributed by atoms with Gasteiger partial charge in [0.05, 0.1) is 10.5 Å². The maximum absolute atomic E-state index is 12.5. The highest BCUT2D eigenvalue weighted by Gasteiger charge is 2.16. The van der Waals surface area contributed by atoms with E-state index in [0.717, 1.165) is 5.56 Å². The minimum absolute atomic E-state index is 0.111. The number of carbonyl (C=O) groups is 2. The molecule has 0 fully saturated rings. The molecule has 0 N–H and O–H groups in total. The summed E-state index contributed by atoms with van der Waals surface area (Å²) in [5.41, 5.74) is 2.07. The number of hydrogen-bond donors (Lipinski definition) is 0. The quantitative estimate of drug-likeness (QED) is 0.283. The molecule has 0 saturated carbocycles. The maximum Gasteiger partial charge on any atom is 0.339 e. The number of ketones is 1. The lowest BCUT2D eigenvalue weighted by atomic mass is 10.00. The van der Waals surface area contributed by atoms with Crippen LogP contribution < -0.4 is 0 Å². The van der Waals surface area contributed by atoms with Crippen molar-refractivity contribution >= 4 is 17.4 Å². The SMILES string of the molecule is O=C(COC(=O)c1ccccc1-c1ccccc1)c1ccc([N+](=O)[O-])cc1. The number of Topliss-reactive ketones (excluding diaryl/α,β-unsaturated/α-hetero) is 1. The molecule has 0 atom stereocenters. The Labute approximate surface area is 155 Å². The normalized spacial score (nSPS) is 10.2. The lowest BCUT2D eigenvalue weighted by Crippen LogP contribution is -2.15. The first-order valence-corrected chi connectivity index (χ1v) is 8.15. The van der Waals surface area contributed by atoms with E-state index in [1.165, 1.54) is 24.3 Å². The molecule has 0 radical (unpaired) electrons. The number of benzene rings is 3. The van der Waals surface area contributed by atoms with Crippen molar-refractivity contribution in [3.8, 4) is 11.1 Å². The Balaban J connectivity index is 1.71. The minimum Gasteiger partial charge on any atom is -0.454 e. The van der Waals surface area contributed by atoms with E-state index in [4.69, 9.17) is 4.74 Å². The summed E-state index contributed by atoms with van der Waals surface area (Å²) in [5.74, 6) is -1.04. The van der Waals surface area contributed by atoms with Crippen molar-refractivity contribution in [1.82, 2.24) is 0 Å². The first-order chi connectivity index (χ1) is 13.1. The van der Waals surface area contributed by atoms with E-state index < -0.39 is 23.3 Å². The molecule has 0 bridgehead atoms. The van der Waals surface area contributed by atoms with Gasteiger partial charge in [-0.05, 0) is 29.3 Å². The predicted octanol–water partition coefficient (Wildman–Crippen LogP) is 4.30. The summed E-state index contributed by atoms with van der Waals surface area (Å²) in [4.78, 5) is 34.7. The zero-order valence-electron chi connectivity index (χ0n) is 14.2. The van der Waals surface area contributed by atoms with Gasteiger partial charge in [-0.2, -0.15) is 0 Å². The van der Waals surface area contributed by atoms with Gasteiger partial charge in [0, 0.05) is 17.7 Å². The van der Waals surface area contributed by atoms with Gasteiger partial charge in [0.1, 0.15) is 0 Å². The summed E-state index contributed by atoms with van der Waals surface area (Å²) in [6.07, 6.45) is 0. The second kappa shape index (κ2) is 8.05. The van der Waals surface area contributed by atoms with Crippen LogP contribution in [0, 0.1) is 10.1 Å². The second-order valence-corrected chi connectivity index (χ2v) is 5.71. The highest BCUT2D eigenvalue weighted by Crippen LogP contribution is 2.24. The molecule has 3 rings (SSSR count). The molecule has 0 aromatic heterocycles. The Morgan fingerprint density at radius 1 is 0.852 bits per heavy atom. The Bertz CT molecular complexity index is 981. The third-order valence-electron chi connectivity index (χ3n) is 3.97. The molecule has 0 spiro atoms. The molecule has 134 valence electrons. The predicted molar refractivity (Wildman–Crippen MR) is 99.6 cm³/mol. The van der Waals surface area contributed by atoms with Crippen LogP contribution in [0.25, 0.3) is 11.1 Å². The minimum atomic E-state index is -0.607. The van der Waals surface area contributed by atoms with Crippen molar-refractivity contribution in [2.45, 2.75) is 0 Å². The molecule has 0 aliphatic rings. The molecule has 3 aromatic carbocycles. The number of non-ortho nitro benzene ring substituents is 1. The summed E-state index contributed by atoms with van der Waals surface area (Å²) in [6.45, 7) is -0.445. The van der Waals surface area contributed by atoms with Gasteiger partial charge in [0.2, 0.25) is 0 Å². The second-order valence-electron chi connectivity index (χ2n) is 5.71. The molecule has 0 amide bonds. The topological polar surface area (TPSA) is 86.5 Å². The lowest BCUT2D eigenvalue weighted by molar-refractivity contribution is -0.384. The fraction of sp³-hybridized carbons (Fsp3) is 0.0476. The standard InChI is InChI=1S/C21H15NO5/c23-20(16-10-12-17(13-11-16)22(25)26)14-27-21(24)19-9-5-4-8-18(19)15-6-2-1-3-7-15/h1-13H,14H2. The number of nitro benzene ring substituents is 1. The fourth-order valence-corrected chi connectivity index (χ4v) is 2.59. The van der Waals surface area contributed by atoms with E-state index >= 15 is 0 Å². The van der Waals surface area contributed by atoms with Crippen LogP contribution in [0.5, 0.6) is 0 Å². The molecular formula is C21H15NO5. The number of carbonyl (C=O) groups excluding carboxylic acids is 2. The van der Waals surface area contributed by atoms with Crippen molar-refractivity contribution in [2.75, 3.05) is 6.61 Å². The van der Waals surface area contributed by atoms with Gasteiger partial charge in [-0.1, -0.05) is 48.5 Å². The van der Waals surface area contributed by atoms with E-state index in [2.05, 4.69) is 0 Å². The van der Waals surface area contributed by atoms with Gasteiger partial charge in [-0.25, -0.2) is 4.79 Å². The average molecular weight is 361 g/mol. The Kier molecular flexibility index (Phi) is 5.37. The smallest absolute Gasteiger partial charge is 0.339 e. The van der Waals surface area contributed by atoms with Gasteiger partial charge < -0.3 is 4.74 Å². The van der Waals surface area contributed by atoms with E-state index in [1.54, 1.807) is 12.1 Å². The molecule has 0 heterocycles. The summed E-state index contributed by atoms with van der Waals surface area (Å²) in [7, 11) is 0. The third-order valence-corrected chi connectivity index (χ3v) is 3.97. The average Bonchev–Trinajstić information content (AvgIpc) is 2.72. The number of nitrogens with zero attached hydrogens (tertiary/aromatic N) is 1. The van der Waals surface area contributed by atoms with Crippen molar-refractivity contribution in [3.05, 3.63) is 100 Å². The van der Waals surface area contributed by atoms with Gasteiger partial charge in [-0.3, -0.25) is 14.9 Å². The van der Waals surface area contributed by atoms with Crippen LogP contribution in [0.3, 0.4) is 0 Å². The van der Waals surface area contributed by atoms with E-state index in [9.17, 15) is 19.7 Å². The molecule has 0 aliphatic heterocycles. The maximum atomic E-state index is 12.5. The molecule has 0 saturated heterocycles. The number of rotatable bonds is 6. The van der Waals surface area contributed by atoms with E-state index in [1.807, 2.05) is 42.5 Å². The van der Waals surface area contributed by atoms with Crippen LogP contribution in [0.4, 0.5) is 5.69 Å². The van der Waals surface area contributed by atoms with Gasteiger partial charge in [0.15, 0.2) is 12.4 Å². The zero-order valence-corrected chi connectivity index (χ0v) is 14.2. The lowest BCUT2D eigenvalue weighted by Gasteiger charge is -2.09. The Morgan fingerprint density at radius 2 is 1.48 bits per heavy atom. The summed E-state index contributed by atoms with van der Waals surface area (Å²) >= 11 is 0. The van der Waals surface area contributed by atoms with E-state index in [-0.39, 0.29) is 11.3 Å². The van der Waals surface area contributed by atoms with Crippen LogP contribution in [0.2, 0.25) is 0 Å². The van der Waals surface area contributed by atoms with Crippen molar-refractivity contribution in [2.24, 2.45) is 0 Å². The van der Waals surface area contributed by atoms with Crippen molar-refractivity contribution < 1.29 is 19.2 Å². The van der Waals surface area contributed by atoms with Crippen molar-refractivity contribution in [3.63, 3.8) is 0 Å². The van der Waals surface area contributed by atoms with E-state index in [0.29, 0.717) is 11.1 Å². The highest BCUT2D eigenvalue weighted by atomic mass is 16.6. The summed E-state index contributed by atoms with van der Waals surface area (Å²) in [5, 5.41) is 10.7. The molecule has 0 unspecified atom stereocenters. The van der Waals surface area contributed by atoms with Crippen LogP contribution in [0.1, 0.15) is 20.7 Å². The number of esters is 1. The summed E-state index contributed by atoms with van der Waals surface area (Å²) < 4.78 is 5.16. The Morgan fingerprint density at radius 3 is 2.15 bits per heavy atom. The molecule has 3 aromatic rings. The molecule has 0 aliphatic carbocycles. The van der Waals surface area contributed by atoms with Crippen molar-refractivity contribution in [1.29, 1.82) is 0 Å². The van der Waals surface area contributed by atoms with Gasteiger partial charge >= 0.3 is 5.97 Å². The highest BCUT2D eigenvalue weighted by molar-refractivity contribution is 6.01. The first kappa shape index (κ1) is 18.0. The van der Waals surface area contributed by atoms with Gasteiger partial charge in [-0.15, -0.1) is 0 Å². The number of nitro groups is 1. The largest absolute Gasteiger partial charge is 0.454 e. The van der Waals surface area contributed by atoms with Gasteiger partial charge in [0.25, 0.3) is 5.69 Å². The fourth-order valence-electron chi connectivity index (χ4n) is 2.59. The molecular weight excluding hydrogens is 346 g/mol. The third kappa shape index (κ3) is 4.24. The molecule has 6 nitrogen and oxygen atoms in total. The van der Waals surface area contributed by atoms with Crippen LogP contribution >= 0.6 is 0 Å². The van der Waals surface area contributed by atoms with Crippen LogP contribution in [0.15, 0.2) is 78.9 Å². The molecule has 27 heavy (non-hydrogen) atoms. The van der Waals surface area contributed by atoms with Crippen LogP contribution in [-0.2, 0) is 4.74 Å². The zero-order chi connectivity index (χ0) is 19.2. The molecule has 6 heteroatoms. The Hall–Kier alpha value is -3.80. The first-order valence-electron chi connectivity index (χ1n) is 8.15. The summed E-state index contributed by atoms with van der Waals surface area (Å²) in [6, 6.07) is 21.5. The van der Waals surface area contributed by atoms with Crippen LogP contribution in [-0.4, -0.2) is 23.3 Å².